The zero-order chi connectivity index (χ0) is 20.5. The molecule has 4 rings (SSSR count). The molecule has 1 aliphatic carbocycles. The molecular weight excluding hydrogens is 518 g/mol. The highest BCUT2D eigenvalue weighted by Gasteiger charge is 2.36. The number of thiophene rings is 1. The summed E-state index contributed by atoms with van der Waals surface area (Å²) in [6, 6.07) is 8.45. The molecule has 2 aliphatic rings. The number of hydrogen-bond acceptors (Lipinski definition) is 5. The topological polar surface area (TPSA) is 52.6 Å². The fourth-order valence-electron chi connectivity index (χ4n) is 3.97. The molecule has 154 valence electrons. The summed E-state index contributed by atoms with van der Waals surface area (Å²) in [5.41, 5.74) is 4.25. The number of rotatable bonds is 5. The molecule has 0 radical (unpaired) electrons. The van der Waals surface area contributed by atoms with Crippen molar-refractivity contribution in [2.45, 2.75) is 25.9 Å². The number of hydrogen-bond donors (Lipinski definition) is 1. The van der Waals surface area contributed by atoms with Crippen LogP contribution in [0.4, 0.5) is 0 Å². The van der Waals surface area contributed by atoms with Crippen LogP contribution in [0.2, 0.25) is 0 Å². The van der Waals surface area contributed by atoms with Crippen LogP contribution in [-0.4, -0.2) is 54.2 Å². The molecule has 1 saturated heterocycles. The van der Waals surface area contributed by atoms with Gasteiger partial charge in [0.15, 0.2) is 5.78 Å². The second kappa shape index (κ2) is 8.98. The molecule has 1 fully saturated rings. The maximum atomic E-state index is 12.6. The number of benzene rings is 1. The van der Waals surface area contributed by atoms with Crippen LogP contribution in [0.3, 0.4) is 0 Å². The summed E-state index contributed by atoms with van der Waals surface area (Å²) in [4.78, 5) is 29.5. The average molecular weight is 541 g/mol. The smallest absolute Gasteiger partial charge is 0.234 e. The summed E-state index contributed by atoms with van der Waals surface area (Å²) in [5.74, 6) is 0.0701. The first-order chi connectivity index (χ1) is 13.9. The third-order valence-corrected chi connectivity index (χ3v) is 8.15. The molecule has 0 spiro atoms. The van der Waals surface area contributed by atoms with Gasteiger partial charge in [-0.15, -0.1) is 11.3 Å². The fraction of sp³-hybridized carbons (Fsp3) is 0.429. The van der Waals surface area contributed by atoms with Gasteiger partial charge >= 0.3 is 0 Å². The molecule has 5 nitrogen and oxygen atoms in total. The zero-order valence-electron chi connectivity index (χ0n) is 16.2. The van der Waals surface area contributed by atoms with E-state index in [0.29, 0.717) is 13.0 Å². The predicted octanol–water partition coefficient (Wildman–Crippen LogP) is 4.14. The molecule has 2 heterocycles. The Morgan fingerprint density at radius 3 is 2.45 bits per heavy atom. The van der Waals surface area contributed by atoms with Crippen molar-refractivity contribution >= 4 is 54.9 Å². The maximum Gasteiger partial charge on any atom is 0.234 e. The summed E-state index contributed by atoms with van der Waals surface area (Å²) in [6.45, 7) is 7.09. The maximum absolute atomic E-state index is 12.6. The quantitative estimate of drug-likeness (QED) is 0.619. The number of Topliss-reactive ketones (excluding diaryl/α,β-unsaturated/α-hetero) is 1. The van der Waals surface area contributed by atoms with Gasteiger partial charge in [-0.3, -0.25) is 19.4 Å². The minimum Gasteiger partial charge on any atom is -0.348 e. The average Bonchev–Trinajstić information content (AvgIpc) is 3.16. The Morgan fingerprint density at radius 1 is 1.10 bits per heavy atom. The van der Waals surface area contributed by atoms with Gasteiger partial charge in [-0.05, 0) is 44.3 Å². The molecule has 1 unspecified atom stereocenters. The van der Waals surface area contributed by atoms with Gasteiger partial charge in [0.25, 0.3) is 0 Å². The van der Waals surface area contributed by atoms with Gasteiger partial charge in [-0.2, -0.15) is 0 Å². The lowest BCUT2D eigenvalue weighted by molar-refractivity contribution is -0.123. The van der Waals surface area contributed by atoms with Crippen LogP contribution in [0.1, 0.15) is 39.5 Å². The highest BCUT2D eigenvalue weighted by molar-refractivity contribution is 9.12. The first-order valence-corrected chi connectivity index (χ1v) is 12.1. The Hall–Kier alpha value is -1.06. The minimum atomic E-state index is -0.232. The lowest BCUT2D eigenvalue weighted by Crippen LogP contribution is -2.49. The molecule has 2 aromatic rings. The third kappa shape index (κ3) is 4.82. The van der Waals surface area contributed by atoms with Crippen molar-refractivity contribution in [3.63, 3.8) is 0 Å². The van der Waals surface area contributed by atoms with E-state index in [1.165, 1.54) is 22.5 Å². The zero-order valence-corrected chi connectivity index (χ0v) is 20.2. The molecular formula is C21H23Br2N3O2S. The lowest BCUT2D eigenvalue weighted by atomic mass is 10.1. The van der Waals surface area contributed by atoms with E-state index >= 15 is 0 Å². The molecule has 29 heavy (non-hydrogen) atoms. The second-order valence-electron chi connectivity index (χ2n) is 7.72. The Morgan fingerprint density at radius 2 is 1.76 bits per heavy atom. The second-order valence-corrected chi connectivity index (χ2v) is 11.4. The van der Waals surface area contributed by atoms with Crippen LogP contribution in [0.5, 0.6) is 0 Å². The van der Waals surface area contributed by atoms with Crippen LogP contribution < -0.4 is 5.32 Å². The number of nitrogens with zero attached hydrogens (tertiary/aromatic N) is 2. The van der Waals surface area contributed by atoms with E-state index in [1.807, 2.05) is 0 Å². The summed E-state index contributed by atoms with van der Waals surface area (Å²) in [7, 11) is 0. The SMILES string of the molecule is Cc1ccc(CN2CCN(CC(=O)NC3CC(=O)c4c(Br)sc(Br)c43)CC2)cc1. The first-order valence-electron chi connectivity index (χ1n) is 9.71. The van der Waals surface area contributed by atoms with Gasteiger partial charge in [-0.1, -0.05) is 29.8 Å². The third-order valence-electron chi connectivity index (χ3n) is 5.57. The van der Waals surface area contributed by atoms with Crippen LogP contribution in [0.25, 0.3) is 0 Å². The van der Waals surface area contributed by atoms with Gasteiger partial charge in [-0.25, -0.2) is 0 Å². The van der Waals surface area contributed by atoms with E-state index in [0.717, 1.165) is 51.4 Å². The van der Waals surface area contributed by atoms with E-state index < -0.39 is 0 Å². The molecule has 1 N–H and O–H groups in total. The lowest BCUT2D eigenvalue weighted by Gasteiger charge is -2.34. The van der Waals surface area contributed by atoms with E-state index in [-0.39, 0.29) is 17.7 Å². The van der Waals surface area contributed by atoms with Crippen molar-refractivity contribution in [1.29, 1.82) is 0 Å². The fourth-order valence-corrected chi connectivity index (χ4v) is 7.34. The van der Waals surface area contributed by atoms with Gasteiger partial charge in [0.2, 0.25) is 5.91 Å². The number of ketones is 1. The van der Waals surface area contributed by atoms with Crippen molar-refractivity contribution < 1.29 is 9.59 Å². The number of fused-ring (bicyclic) bond motifs is 1. The predicted molar refractivity (Wildman–Crippen MR) is 122 cm³/mol. The van der Waals surface area contributed by atoms with Crippen LogP contribution >= 0.6 is 43.2 Å². The van der Waals surface area contributed by atoms with E-state index in [4.69, 9.17) is 0 Å². The van der Waals surface area contributed by atoms with Crippen molar-refractivity contribution in [3.05, 3.63) is 54.1 Å². The summed E-state index contributed by atoms with van der Waals surface area (Å²) in [6.07, 6.45) is 0.339. The van der Waals surface area contributed by atoms with Gasteiger partial charge in [0, 0.05) is 50.3 Å². The van der Waals surface area contributed by atoms with Crippen LogP contribution in [0.15, 0.2) is 31.8 Å². The van der Waals surface area contributed by atoms with Gasteiger partial charge < -0.3 is 5.32 Å². The monoisotopic (exact) mass is 539 g/mol. The molecule has 1 aromatic heterocycles. The first kappa shape index (κ1) is 21.2. The van der Waals surface area contributed by atoms with E-state index in [2.05, 4.69) is 78.2 Å². The number of nitrogens with one attached hydrogen (secondary N) is 1. The van der Waals surface area contributed by atoms with Gasteiger partial charge in [0.1, 0.15) is 0 Å². The summed E-state index contributed by atoms with van der Waals surface area (Å²) in [5, 5.41) is 3.06. The van der Waals surface area contributed by atoms with Crippen molar-refractivity contribution in [2.75, 3.05) is 32.7 Å². The van der Waals surface area contributed by atoms with E-state index in [1.54, 1.807) is 0 Å². The molecule has 1 aromatic carbocycles. The van der Waals surface area contributed by atoms with Crippen LogP contribution in [0, 0.1) is 6.92 Å². The number of carbonyl (C=O) groups is 2. The standard InChI is InChI=1S/C21H23Br2N3O2S/c1-13-2-4-14(5-3-13)11-25-6-8-26(9-7-25)12-17(28)24-15-10-16(27)19-18(15)20(22)29-21(19)23/h2-5,15H,6-12H2,1H3,(H,24,28). The van der Waals surface area contributed by atoms with E-state index in [9.17, 15) is 9.59 Å². The number of aryl methyl sites for hydroxylation is 1. The van der Waals surface area contributed by atoms with Crippen molar-refractivity contribution in [3.8, 4) is 0 Å². The van der Waals surface area contributed by atoms with Crippen molar-refractivity contribution in [2.24, 2.45) is 0 Å². The highest BCUT2D eigenvalue weighted by Crippen LogP contribution is 2.46. The number of halogens is 2. The van der Waals surface area contributed by atoms with Gasteiger partial charge in [0.05, 0.1) is 20.2 Å². The Labute approximate surface area is 191 Å². The molecule has 0 bridgehead atoms. The highest BCUT2D eigenvalue weighted by atomic mass is 79.9. The molecule has 1 aliphatic heterocycles. The van der Waals surface area contributed by atoms with Crippen LogP contribution in [-0.2, 0) is 11.3 Å². The number of amides is 1. The Bertz CT molecular complexity index is 921. The minimum absolute atomic E-state index is 0.0168. The molecule has 1 atom stereocenters. The summed E-state index contributed by atoms with van der Waals surface area (Å²) >= 11 is 8.48. The Balaban J connectivity index is 1.27. The summed E-state index contributed by atoms with van der Waals surface area (Å²) < 4.78 is 1.76. The number of carbonyl (C=O) groups excluding carboxylic acids is 2. The number of piperazine rings is 1. The normalized spacial score (nSPS) is 20.1. The molecule has 1 amide bonds. The Kier molecular flexibility index (Phi) is 6.56. The molecule has 0 saturated carbocycles. The van der Waals surface area contributed by atoms with Crippen molar-refractivity contribution in [1.82, 2.24) is 15.1 Å². The molecule has 8 heteroatoms. The largest absolute Gasteiger partial charge is 0.348 e.